The van der Waals surface area contributed by atoms with E-state index in [4.69, 9.17) is 5.73 Å². The van der Waals surface area contributed by atoms with E-state index in [9.17, 15) is 0 Å². The molecule has 0 heterocycles. The molecule has 0 saturated carbocycles. The molecule has 0 bridgehead atoms. The molecule has 0 aromatic heterocycles. The van der Waals surface area contributed by atoms with E-state index in [0.717, 1.165) is 19.3 Å². The van der Waals surface area contributed by atoms with Crippen molar-refractivity contribution >= 4 is 12.4 Å². The van der Waals surface area contributed by atoms with Gasteiger partial charge in [0.2, 0.25) is 0 Å². The van der Waals surface area contributed by atoms with Gasteiger partial charge in [0.15, 0.2) is 0 Å². The van der Waals surface area contributed by atoms with Gasteiger partial charge in [-0.2, -0.15) is 0 Å². The zero-order valence-electron chi connectivity index (χ0n) is 22.6. The Bertz CT molecular complexity index is 509. The van der Waals surface area contributed by atoms with Crippen LogP contribution in [0.1, 0.15) is 148 Å². The monoisotopic (exact) mass is 479 g/mol. The van der Waals surface area contributed by atoms with Gasteiger partial charge in [-0.25, -0.2) is 0 Å². The fourth-order valence-electron chi connectivity index (χ4n) is 5.54. The number of unbranched alkanes of at least 4 members (excludes halogenated alkanes) is 13. The third kappa shape index (κ3) is 15.9. The Morgan fingerprint density at radius 2 is 1.03 bits per heavy atom. The van der Waals surface area contributed by atoms with E-state index < -0.39 is 0 Å². The minimum atomic E-state index is 0. The first-order chi connectivity index (χ1) is 15.7. The number of hydrogen-bond acceptors (Lipinski definition) is 1. The quantitative estimate of drug-likeness (QED) is 0.164. The molecule has 33 heavy (non-hydrogen) atoms. The predicted molar refractivity (Wildman–Crippen MR) is 153 cm³/mol. The van der Waals surface area contributed by atoms with Crippen LogP contribution >= 0.6 is 12.4 Å². The van der Waals surface area contributed by atoms with Gasteiger partial charge in [0.25, 0.3) is 0 Å². The van der Waals surface area contributed by atoms with Gasteiger partial charge in [-0.3, -0.25) is 0 Å². The van der Waals surface area contributed by atoms with Gasteiger partial charge >= 0.3 is 0 Å². The van der Waals surface area contributed by atoms with Crippen LogP contribution in [0.3, 0.4) is 0 Å². The minimum absolute atomic E-state index is 0. The van der Waals surface area contributed by atoms with Crippen molar-refractivity contribution in [1.82, 2.24) is 0 Å². The Labute approximate surface area is 214 Å². The van der Waals surface area contributed by atoms with Gasteiger partial charge in [0.1, 0.15) is 0 Å². The Hall–Kier alpha value is -0.530. The molecule has 1 atom stereocenters. The molecule has 1 unspecified atom stereocenters. The summed E-state index contributed by atoms with van der Waals surface area (Å²) in [5, 5.41) is 0. The smallest absolute Gasteiger partial charge is 0.0185 e. The third-order valence-corrected chi connectivity index (χ3v) is 7.48. The molecule has 0 fully saturated rings. The van der Waals surface area contributed by atoms with Gasteiger partial charge in [-0.05, 0) is 37.2 Å². The Morgan fingerprint density at radius 3 is 1.45 bits per heavy atom. The van der Waals surface area contributed by atoms with E-state index in [-0.39, 0.29) is 17.9 Å². The zero-order valence-corrected chi connectivity index (χ0v) is 23.4. The fourth-order valence-corrected chi connectivity index (χ4v) is 5.54. The normalized spacial score (nSPS) is 12.5. The average molecular weight is 480 g/mol. The number of benzene rings is 1. The lowest BCUT2D eigenvalue weighted by Crippen LogP contribution is -2.48. The van der Waals surface area contributed by atoms with E-state index >= 15 is 0 Å². The average Bonchev–Trinajstić information content (AvgIpc) is 2.79. The Balaban J connectivity index is 0.0000102. The lowest BCUT2D eigenvalue weighted by molar-refractivity contribution is 0.211. The molecule has 1 aromatic rings. The first-order valence-corrected chi connectivity index (χ1v) is 14.5. The molecule has 0 aliphatic rings. The van der Waals surface area contributed by atoms with Crippen LogP contribution in [0.25, 0.3) is 0 Å². The van der Waals surface area contributed by atoms with Crippen molar-refractivity contribution in [2.45, 2.75) is 155 Å². The van der Waals surface area contributed by atoms with Crippen LogP contribution in [-0.2, 0) is 6.42 Å². The molecule has 2 heteroatoms. The van der Waals surface area contributed by atoms with Crippen LogP contribution in [0.5, 0.6) is 0 Å². The maximum Gasteiger partial charge on any atom is 0.0185 e. The summed E-state index contributed by atoms with van der Waals surface area (Å²) >= 11 is 0. The van der Waals surface area contributed by atoms with Crippen molar-refractivity contribution < 1.29 is 0 Å². The van der Waals surface area contributed by atoms with E-state index in [1.807, 2.05) is 0 Å². The molecule has 1 aromatic carbocycles. The SMILES string of the molecule is CCCCCCCCCCCCCCCCC(Cc1ccccc1)C(N)(CCC)CCC.Cl. The molecule has 0 aliphatic heterocycles. The highest BCUT2D eigenvalue weighted by Gasteiger charge is 2.32. The van der Waals surface area contributed by atoms with Crippen molar-refractivity contribution in [2.24, 2.45) is 11.7 Å². The maximum absolute atomic E-state index is 7.07. The Morgan fingerprint density at radius 1 is 0.606 bits per heavy atom. The summed E-state index contributed by atoms with van der Waals surface area (Å²) in [6.45, 7) is 6.89. The molecule has 0 radical (unpaired) electrons. The number of nitrogens with two attached hydrogens (primary N) is 1. The Kier molecular flexibility index (Phi) is 21.6. The molecular weight excluding hydrogens is 422 g/mol. The summed E-state index contributed by atoms with van der Waals surface area (Å²) in [7, 11) is 0. The zero-order chi connectivity index (χ0) is 23.3. The van der Waals surface area contributed by atoms with Crippen LogP contribution < -0.4 is 5.73 Å². The maximum atomic E-state index is 7.07. The van der Waals surface area contributed by atoms with E-state index in [2.05, 4.69) is 51.1 Å². The topological polar surface area (TPSA) is 26.0 Å². The molecule has 0 aliphatic carbocycles. The van der Waals surface area contributed by atoms with Gasteiger partial charge in [0, 0.05) is 5.54 Å². The van der Waals surface area contributed by atoms with Gasteiger partial charge < -0.3 is 5.73 Å². The van der Waals surface area contributed by atoms with Gasteiger partial charge in [-0.1, -0.05) is 154 Å². The number of hydrogen-bond donors (Lipinski definition) is 1. The minimum Gasteiger partial charge on any atom is -0.325 e. The summed E-state index contributed by atoms with van der Waals surface area (Å²) in [6.07, 6.45) is 27.2. The van der Waals surface area contributed by atoms with Crippen LogP contribution in [0.15, 0.2) is 30.3 Å². The van der Waals surface area contributed by atoms with Crippen molar-refractivity contribution in [2.75, 3.05) is 0 Å². The van der Waals surface area contributed by atoms with E-state index in [1.165, 1.54) is 115 Å². The van der Waals surface area contributed by atoms with Crippen LogP contribution in [-0.4, -0.2) is 5.54 Å². The molecule has 1 nitrogen and oxygen atoms in total. The number of halogens is 1. The lowest BCUT2D eigenvalue weighted by Gasteiger charge is -2.38. The van der Waals surface area contributed by atoms with Gasteiger partial charge in [0.05, 0.1) is 0 Å². The molecule has 0 amide bonds. The van der Waals surface area contributed by atoms with Crippen molar-refractivity contribution in [1.29, 1.82) is 0 Å². The fraction of sp³-hybridized carbons (Fsp3) is 0.806. The lowest BCUT2D eigenvalue weighted by atomic mass is 9.72. The summed E-state index contributed by atoms with van der Waals surface area (Å²) in [6, 6.07) is 11.1. The largest absolute Gasteiger partial charge is 0.325 e. The van der Waals surface area contributed by atoms with Crippen LogP contribution in [0.2, 0.25) is 0 Å². The standard InChI is InChI=1S/C31H57N.ClH/c1-4-7-8-9-10-11-12-13-14-15-16-17-18-22-25-30(28-29-23-20-19-21-24-29)31(32,26-5-2)27-6-3;/h19-21,23-24,30H,4-18,22,25-28,32H2,1-3H3;1H. The summed E-state index contributed by atoms with van der Waals surface area (Å²) < 4.78 is 0. The van der Waals surface area contributed by atoms with Gasteiger partial charge in [-0.15, -0.1) is 12.4 Å². The predicted octanol–water partition coefficient (Wildman–Crippen LogP) is 10.4. The van der Waals surface area contributed by atoms with Crippen LogP contribution in [0, 0.1) is 5.92 Å². The molecule has 1 rings (SSSR count). The second-order valence-electron chi connectivity index (χ2n) is 10.5. The molecule has 194 valence electrons. The highest BCUT2D eigenvalue weighted by atomic mass is 35.5. The second-order valence-corrected chi connectivity index (χ2v) is 10.5. The molecule has 0 saturated heterocycles. The highest BCUT2D eigenvalue weighted by molar-refractivity contribution is 5.85. The summed E-state index contributed by atoms with van der Waals surface area (Å²) in [5.74, 6) is 0.613. The molecular formula is C31H58ClN. The second kappa shape index (κ2) is 22.0. The van der Waals surface area contributed by atoms with E-state index in [1.54, 1.807) is 0 Å². The van der Waals surface area contributed by atoms with Crippen molar-refractivity contribution in [3.8, 4) is 0 Å². The first-order valence-electron chi connectivity index (χ1n) is 14.5. The summed E-state index contributed by atoms with van der Waals surface area (Å²) in [5.41, 5.74) is 8.54. The third-order valence-electron chi connectivity index (χ3n) is 7.48. The van der Waals surface area contributed by atoms with Crippen molar-refractivity contribution in [3.63, 3.8) is 0 Å². The number of rotatable bonds is 22. The first kappa shape index (κ1) is 32.5. The van der Waals surface area contributed by atoms with Crippen LogP contribution in [0.4, 0.5) is 0 Å². The van der Waals surface area contributed by atoms with Crippen molar-refractivity contribution in [3.05, 3.63) is 35.9 Å². The van der Waals surface area contributed by atoms with E-state index in [0.29, 0.717) is 5.92 Å². The summed E-state index contributed by atoms with van der Waals surface area (Å²) in [4.78, 5) is 0. The highest BCUT2D eigenvalue weighted by Crippen LogP contribution is 2.33. The molecule has 0 spiro atoms. The molecule has 2 N–H and O–H groups in total.